The SMILES string of the molecule is CC1CCCCN1C(=O)C1CCN(C(=O)OC(C)(C)C)CC1. The highest BCUT2D eigenvalue weighted by Crippen LogP contribution is 2.25. The fraction of sp³-hybridized carbons (Fsp3) is 0.882. The third kappa shape index (κ3) is 4.37. The van der Waals surface area contributed by atoms with Crippen molar-refractivity contribution in [2.24, 2.45) is 5.92 Å². The van der Waals surface area contributed by atoms with Gasteiger partial charge in [-0.2, -0.15) is 0 Å². The molecule has 5 heteroatoms. The molecule has 0 aliphatic carbocycles. The first-order valence-electron chi connectivity index (χ1n) is 8.56. The van der Waals surface area contributed by atoms with Crippen LogP contribution in [0.3, 0.4) is 0 Å². The normalized spacial score (nSPS) is 24.3. The minimum atomic E-state index is -0.465. The molecule has 0 N–H and O–H groups in total. The van der Waals surface area contributed by atoms with Crippen LogP contribution < -0.4 is 0 Å². The number of nitrogens with zero attached hydrogens (tertiary/aromatic N) is 2. The Labute approximate surface area is 134 Å². The van der Waals surface area contributed by atoms with Gasteiger partial charge in [0.1, 0.15) is 5.60 Å². The van der Waals surface area contributed by atoms with Crippen molar-refractivity contribution in [2.75, 3.05) is 19.6 Å². The lowest BCUT2D eigenvalue weighted by Crippen LogP contribution is -2.49. The Morgan fingerprint density at radius 3 is 2.18 bits per heavy atom. The van der Waals surface area contributed by atoms with Crippen LogP contribution in [0.5, 0.6) is 0 Å². The Kier molecular flexibility index (Phi) is 5.35. The summed E-state index contributed by atoms with van der Waals surface area (Å²) in [6.07, 6.45) is 4.70. The Bertz CT molecular complexity index is 409. The molecule has 2 aliphatic heterocycles. The number of likely N-dealkylation sites (tertiary alicyclic amines) is 2. The van der Waals surface area contributed by atoms with Gasteiger partial charge in [-0.1, -0.05) is 0 Å². The molecule has 22 heavy (non-hydrogen) atoms. The maximum atomic E-state index is 12.7. The average Bonchev–Trinajstić information content (AvgIpc) is 2.45. The maximum Gasteiger partial charge on any atom is 0.410 e. The van der Waals surface area contributed by atoms with Crippen LogP contribution in [0.25, 0.3) is 0 Å². The number of rotatable bonds is 1. The number of ether oxygens (including phenoxy) is 1. The third-order valence-electron chi connectivity index (χ3n) is 4.58. The van der Waals surface area contributed by atoms with Crippen LogP contribution in [0.4, 0.5) is 4.79 Å². The van der Waals surface area contributed by atoms with Crippen molar-refractivity contribution < 1.29 is 14.3 Å². The van der Waals surface area contributed by atoms with Gasteiger partial charge in [-0.15, -0.1) is 0 Å². The second-order valence-electron chi connectivity index (χ2n) is 7.62. The van der Waals surface area contributed by atoms with Gasteiger partial charge in [0.25, 0.3) is 0 Å². The Balaban J connectivity index is 1.84. The predicted molar refractivity (Wildman–Crippen MR) is 85.6 cm³/mol. The first-order chi connectivity index (χ1) is 10.3. The third-order valence-corrected chi connectivity index (χ3v) is 4.58. The van der Waals surface area contributed by atoms with Crippen LogP contribution >= 0.6 is 0 Å². The summed E-state index contributed by atoms with van der Waals surface area (Å²) in [5.41, 5.74) is -0.465. The first kappa shape index (κ1) is 17.1. The Hall–Kier alpha value is -1.26. The van der Waals surface area contributed by atoms with Gasteiger partial charge in [0, 0.05) is 31.6 Å². The minimum Gasteiger partial charge on any atom is -0.444 e. The molecule has 0 aromatic carbocycles. The summed E-state index contributed by atoms with van der Waals surface area (Å²) in [5.74, 6) is 0.357. The molecule has 2 rings (SSSR count). The molecule has 2 aliphatic rings. The zero-order chi connectivity index (χ0) is 16.3. The quantitative estimate of drug-likeness (QED) is 0.748. The second-order valence-corrected chi connectivity index (χ2v) is 7.62. The molecule has 2 fully saturated rings. The lowest BCUT2D eigenvalue weighted by molar-refractivity contribution is -0.140. The van der Waals surface area contributed by atoms with Gasteiger partial charge in [0.05, 0.1) is 0 Å². The van der Waals surface area contributed by atoms with Gasteiger partial charge in [0.2, 0.25) is 5.91 Å². The van der Waals surface area contributed by atoms with Crippen molar-refractivity contribution >= 4 is 12.0 Å². The van der Waals surface area contributed by atoms with E-state index in [2.05, 4.69) is 11.8 Å². The van der Waals surface area contributed by atoms with Gasteiger partial charge in [-0.25, -0.2) is 4.79 Å². The molecule has 2 amide bonds. The largest absolute Gasteiger partial charge is 0.444 e. The van der Waals surface area contributed by atoms with Crippen LogP contribution in [0.1, 0.15) is 59.8 Å². The molecule has 0 aromatic rings. The molecule has 5 nitrogen and oxygen atoms in total. The van der Waals surface area contributed by atoms with Crippen LogP contribution in [0, 0.1) is 5.92 Å². The summed E-state index contributed by atoms with van der Waals surface area (Å²) in [5, 5.41) is 0. The van der Waals surface area contributed by atoms with Crippen molar-refractivity contribution in [2.45, 2.75) is 71.4 Å². The number of amides is 2. The minimum absolute atomic E-state index is 0.0687. The lowest BCUT2D eigenvalue weighted by atomic mass is 9.93. The topological polar surface area (TPSA) is 49.9 Å². The average molecular weight is 310 g/mol. The van der Waals surface area contributed by atoms with Gasteiger partial charge in [0.15, 0.2) is 0 Å². The van der Waals surface area contributed by atoms with E-state index in [1.807, 2.05) is 20.8 Å². The van der Waals surface area contributed by atoms with Crippen LogP contribution in [0.15, 0.2) is 0 Å². The van der Waals surface area contributed by atoms with Crippen molar-refractivity contribution in [1.82, 2.24) is 9.80 Å². The molecule has 1 atom stereocenters. The smallest absolute Gasteiger partial charge is 0.410 e. The molecule has 0 spiro atoms. The zero-order valence-corrected chi connectivity index (χ0v) is 14.4. The molecule has 0 aromatic heterocycles. The fourth-order valence-corrected chi connectivity index (χ4v) is 3.30. The van der Waals surface area contributed by atoms with E-state index in [1.165, 1.54) is 6.42 Å². The summed E-state index contributed by atoms with van der Waals surface area (Å²) < 4.78 is 5.40. The molecule has 2 saturated heterocycles. The monoisotopic (exact) mass is 310 g/mol. The number of hydrogen-bond acceptors (Lipinski definition) is 3. The Morgan fingerprint density at radius 1 is 1.00 bits per heavy atom. The molecule has 2 heterocycles. The molecule has 0 radical (unpaired) electrons. The summed E-state index contributed by atoms with van der Waals surface area (Å²) in [6, 6.07) is 0.366. The summed E-state index contributed by atoms with van der Waals surface area (Å²) >= 11 is 0. The van der Waals surface area contributed by atoms with Gasteiger partial charge in [-0.3, -0.25) is 4.79 Å². The summed E-state index contributed by atoms with van der Waals surface area (Å²) in [6.45, 7) is 9.90. The summed E-state index contributed by atoms with van der Waals surface area (Å²) in [7, 11) is 0. The summed E-state index contributed by atoms with van der Waals surface area (Å²) in [4.78, 5) is 28.5. The molecule has 1 unspecified atom stereocenters. The number of hydrogen-bond donors (Lipinski definition) is 0. The predicted octanol–water partition coefficient (Wildman–Crippen LogP) is 3.03. The van der Waals surface area contributed by atoms with Crippen molar-refractivity contribution in [3.05, 3.63) is 0 Å². The number of carbonyl (C=O) groups excluding carboxylic acids is 2. The van der Waals surface area contributed by atoms with E-state index >= 15 is 0 Å². The van der Waals surface area contributed by atoms with Crippen LogP contribution in [-0.4, -0.2) is 53.1 Å². The fourth-order valence-electron chi connectivity index (χ4n) is 3.30. The molecule has 126 valence electrons. The van der Waals surface area contributed by atoms with E-state index in [0.29, 0.717) is 19.1 Å². The second kappa shape index (κ2) is 6.88. The van der Waals surface area contributed by atoms with Gasteiger partial charge >= 0.3 is 6.09 Å². The van der Waals surface area contributed by atoms with E-state index in [0.717, 1.165) is 32.2 Å². The van der Waals surface area contributed by atoms with Crippen molar-refractivity contribution in [3.8, 4) is 0 Å². The maximum absolute atomic E-state index is 12.7. The molecule has 0 bridgehead atoms. The van der Waals surface area contributed by atoms with Crippen LogP contribution in [-0.2, 0) is 9.53 Å². The highest BCUT2D eigenvalue weighted by Gasteiger charge is 2.33. The molecular weight excluding hydrogens is 280 g/mol. The van der Waals surface area contributed by atoms with Crippen molar-refractivity contribution in [1.29, 1.82) is 0 Å². The number of piperidine rings is 2. The van der Waals surface area contributed by atoms with E-state index < -0.39 is 5.60 Å². The van der Waals surface area contributed by atoms with Gasteiger partial charge in [-0.05, 0) is 59.8 Å². The first-order valence-corrected chi connectivity index (χ1v) is 8.56. The highest BCUT2D eigenvalue weighted by molar-refractivity contribution is 5.79. The van der Waals surface area contributed by atoms with Crippen molar-refractivity contribution in [3.63, 3.8) is 0 Å². The zero-order valence-electron chi connectivity index (χ0n) is 14.4. The molecule has 0 saturated carbocycles. The van der Waals surface area contributed by atoms with Gasteiger partial charge < -0.3 is 14.5 Å². The van der Waals surface area contributed by atoms with Crippen LogP contribution in [0.2, 0.25) is 0 Å². The van der Waals surface area contributed by atoms with E-state index in [-0.39, 0.29) is 17.9 Å². The van der Waals surface area contributed by atoms with E-state index in [9.17, 15) is 9.59 Å². The lowest BCUT2D eigenvalue weighted by Gasteiger charge is -2.38. The standard InChI is InChI=1S/C17H30N2O3/c1-13-7-5-6-10-19(13)15(20)14-8-11-18(12-9-14)16(21)22-17(2,3)4/h13-14H,5-12H2,1-4H3. The molecular formula is C17H30N2O3. The Morgan fingerprint density at radius 2 is 1.64 bits per heavy atom. The van der Waals surface area contributed by atoms with E-state index in [4.69, 9.17) is 4.74 Å². The highest BCUT2D eigenvalue weighted by atomic mass is 16.6. The van der Waals surface area contributed by atoms with E-state index in [1.54, 1.807) is 4.90 Å². The number of carbonyl (C=O) groups is 2.